The Morgan fingerprint density at radius 2 is 2.12 bits per heavy atom. The molecule has 0 amide bonds. The molecule has 42 heavy (non-hydrogen) atoms. The molecule has 1 aliphatic heterocycles. The molecule has 1 aliphatic carbocycles. The lowest BCUT2D eigenvalue weighted by molar-refractivity contribution is -0.137. The Morgan fingerprint density at radius 3 is 2.67 bits per heavy atom. The second-order valence-electron chi connectivity index (χ2n) is 11.4. The van der Waals surface area contributed by atoms with E-state index >= 15 is 0 Å². The van der Waals surface area contributed by atoms with E-state index in [1.165, 1.54) is 0 Å². The number of aliphatic carboxylic acids is 1. The van der Waals surface area contributed by atoms with Gasteiger partial charge in [-0.05, 0) is 69.0 Å². The fourth-order valence-electron chi connectivity index (χ4n) is 6.52. The molecule has 2 aliphatic rings. The molecule has 5 unspecified atom stereocenters. The van der Waals surface area contributed by atoms with Crippen molar-refractivity contribution in [3.05, 3.63) is 71.5 Å². The Balaban J connectivity index is 2.26. The first-order valence-corrected chi connectivity index (χ1v) is 16.9. The molecular formula is C33H40I2N4O3. The van der Waals surface area contributed by atoms with E-state index in [0.29, 0.717) is 25.1 Å². The summed E-state index contributed by atoms with van der Waals surface area (Å²) in [6, 6.07) is 11.0. The highest BCUT2D eigenvalue weighted by Crippen LogP contribution is 2.55. The number of alkyl halides is 2. The average molecular weight is 795 g/mol. The molecule has 224 valence electrons. The SMILES string of the molecule is C=CCC(C)(C(I)/C(C#N)=C1/N(CC)c2ccc(OC)cc2C1(C)CCI)C1C=C(C#N)C=CC1N(C)CCC(=O)O. The largest absolute Gasteiger partial charge is 0.497 e. The Bertz CT molecular complexity index is 1370. The maximum atomic E-state index is 11.4. The maximum Gasteiger partial charge on any atom is 0.304 e. The maximum absolute atomic E-state index is 11.4. The molecule has 0 saturated carbocycles. The van der Waals surface area contributed by atoms with Crippen LogP contribution in [0.3, 0.4) is 0 Å². The van der Waals surface area contributed by atoms with Crippen molar-refractivity contribution in [1.82, 2.24) is 4.90 Å². The number of ether oxygens (including phenoxy) is 1. The Labute approximate surface area is 277 Å². The average Bonchev–Trinajstić information content (AvgIpc) is 3.22. The highest BCUT2D eigenvalue weighted by Gasteiger charge is 2.50. The number of benzene rings is 1. The molecule has 1 aromatic carbocycles. The number of likely N-dealkylation sites (N-methyl/N-ethyl adjacent to an activating group) is 2. The van der Waals surface area contributed by atoms with Crippen LogP contribution < -0.4 is 9.64 Å². The molecular weight excluding hydrogens is 754 g/mol. The standard InChI is InChI=1S/C33H40I2N4O3/c1-7-14-32(3,25-18-22(20-36)9-11-27(25)38(5)17-13-29(40)41)30(35)24(21-37)31-33(4,15-16-34)26-19-23(42-6)10-12-28(26)39(31)8-2/h7,9-12,18-19,25,27,30H,1,8,13-17H2,2-6H3,(H,40,41)/b31-24+. The van der Waals surface area contributed by atoms with E-state index in [0.717, 1.165) is 39.1 Å². The number of fused-ring (bicyclic) bond motifs is 1. The van der Waals surface area contributed by atoms with E-state index in [1.807, 2.05) is 42.3 Å². The van der Waals surface area contributed by atoms with Gasteiger partial charge in [0.05, 0.1) is 35.2 Å². The molecule has 1 aromatic rings. The van der Waals surface area contributed by atoms with Gasteiger partial charge in [-0.1, -0.05) is 70.3 Å². The summed E-state index contributed by atoms with van der Waals surface area (Å²) in [6.45, 7) is 11.7. The molecule has 0 spiro atoms. The number of nitrogens with zero attached hydrogens (tertiary/aromatic N) is 4. The number of carboxylic acid groups (broad SMARTS) is 1. The lowest BCUT2D eigenvalue weighted by Gasteiger charge is -2.47. The number of nitriles is 2. The van der Waals surface area contributed by atoms with Gasteiger partial charge in [0, 0.05) is 51.8 Å². The van der Waals surface area contributed by atoms with E-state index in [4.69, 9.17) is 4.74 Å². The third-order valence-electron chi connectivity index (χ3n) is 8.86. The number of anilines is 1. The number of allylic oxidation sites excluding steroid dienone is 5. The van der Waals surface area contributed by atoms with Crippen LogP contribution in [0.25, 0.3) is 0 Å². The lowest BCUT2D eigenvalue weighted by Crippen LogP contribution is -2.49. The van der Waals surface area contributed by atoms with Gasteiger partial charge in [0.1, 0.15) is 5.75 Å². The van der Waals surface area contributed by atoms with Crippen molar-refractivity contribution in [3.63, 3.8) is 0 Å². The lowest BCUT2D eigenvalue weighted by atomic mass is 9.64. The monoisotopic (exact) mass is 794 g/mol. The first kappa shape index (κ1) is 34.1. The Hall–Kier alpha value is -2.35. The van der Waals surface area contributed by atoms with Crippen LogP contribution in [0.5, 0.6) is 5.75 Å². The van der Waals surface area contributed by atoms with Gasteiger partial charge in [-0.15, -0.1) is 6.58 Å². The van der Waals surface area contributed by atoms with Crippen LogP contribution in [-0.2, 0) is 10.2 Å². The second-order valence-corrected chi connectivity index (χ2v) is 13.7. The molecule has 5 atom stereocenters. The summed E-state index contributed by atoms with van der Waals surface area (Å²) in [5.41, 5.74) is 3.65. The van der Waals surface area contributed by atoms with Crippen LogP contribution in [0.2, 0.25) is 0 Å². The minimum Gasteiger partial charge on any atom is -0.497 e. The summed E-state index contributed by atoms with van der Waals surface area (Å²) < 4.78 is 6.28. The number of carboxylic acids is 1. The van der Waals surface area contributed by atoms with Gasteiger partial charge < -0.3 is 14.7 Å². The second kappa shape index (κ2) is 14.4. The van der Waals surface area contributed by atoms with Gasteiger partial charge in [-0.25, -0.2) is 0 Å². The summed E-state index contributed by atoms with van der Waals surface area (Å²) in [5.74, 6) is -0.230. The zero-order chi connectivity index (χ0) is 31.2. The van der Waals surface area contributed by atoms with Crippen LogP contribution in [-0.4, -0.2) is 57.6 Å². The van der Waals surface area contributed by atoms with Crippen molar-refractivity contribution in [2.24, 2.45) is 11.3 Å². The molecule has 0 aromatic heterocycles. The predicted molar refractivity (Wildman–Crippen MR) is 185 cm³/mol. The highest BCUT2D eigenvalue weighted by molar-refractivity contribution is 14.1. The zero-order valence-corrected chi connectivity index (χ0v) is 29.3. The summed E-state index contributed by atoms with van der Waals surface area (Å²) >= 11 is 4.85. The minimum atomic E-state index is -0.852. The number of rotatable bonds is 13. The van der Waals surface area contributed by atoms with Crippen molar-refractivity contribution in [3.8, 4) is 17.9 Å². The van der Waals surface area contributed by atoms with Gasteiger partial charge >= 0.3 is 5.97 Å². The van der Waals surface area contributed by atoms with Gasteiger partial charge in [-0.3, -0.25) is 9.69 Å². The van der Waals surface area contributed by atoms with E-state index in [2.05, 4.69) is 102 Å². The number of hydrogen-bond donors (Lipinski definition) is 1. The molecule has 9 heteroatoms. The van der Waals surface area contributed by atoms with Gasteiger partial charge in [0.15, 0.2) is 0 Å². The van der Waals surface area contributed by atoms with Crippen molar-refractivity contribution in [2.45, 2.75) is 55.4 Å². The third kappa shape index (κ3) is 6.44. The van der Waals surface area contributed by atoms with Crippen molar-refractivity contribution in [1.29, 1.82) is 10.5 Å². The molecule has 1 N–H and O–H groups in total. The number of carbonyl (C=O) groups is 1. The van der Waals surface area contributed by atoms with E-state index in [9.17, 15) is 20.4 Å². The molecule has 0 radical (unpaired) electrons. The van der Waals surface area contributed by atoms with Gasteiger partial charge in [0.25, 0.3) is 0 Å². The molecule has 7 nitrogen and oxygen atoms in total. The van der Waals surface area contributed by atoms with Crippen LogP contribution in [0.4, 0.5) is 5.69 Å². The number of hydrogen-bond acceptors (Lipinski definition) is 6. The number of halogens is 2. The van der Waals surface area contributed by atoms with Crippen molar-refractivity contribution < 1.29 is 14.6 Å². The Kier molecular flexibility index (Phi) is 11.7. The normalized spacial score (nSPS) is 24.6. The van der Waals surface area contributed by atoms with Crippen LogP contribution in [0.1, 0.15) is 45.6 Å². The first-order valence-electron chi connectivity index (χ1n) is 14.1. The third-order valence-corrected chi connectivity index (χ3v) is 11.4. The predicted octanol–water partition coefficient (Wildman–Crippen LogP) is 7.19. The van der Waals surface area contributed by atoms with E-state index in [1.54, 1.807) is 7.11 Å². The molecule has 0 fully saturated rings. The molecule has 3 rings (SSSR count). The summed E-state index contributed by atoms with van der Waals surface area (Å²) in [7, 11) is 3.60. The first-order chi connectivity index (χ1) is 20.0. The summed E-state index contributed by atoms with van der Waals surface area (Å²) in [4.78, 5) is 15.7. The molecule has 0 saturated heterocycles. The highest BCUT2D eigenvalue weighted by atomic mass is 127. The fourth-order valence-corrected chi connectivity index (χ4v) is 8.71. The molecule has 0 bridgehead atoms. The van der Waals surface area contributed by atoms with Gasteiger partial charge in [-0.2, -0.15) is 10.5 Å². The fraction of sp³-hybridized carbons (Fsp3) is 0.485. The van der Waals surface area contributed by atoms with E-state index in [-0.39, 0.29) is 22.3 Å². The van der Waals surface area contributed by atoms with E-state index < -0.39 is 16.8 Å². The number of methoxy groups -OCH3 is 1. The minimum absolute atomic E-state index is 0.0174. The smallest absolute Gasteiger partial charge is 0.304 e. The van der Waals surface area contributed by atoms with Crippen LogP contribution in [0, 0.1) is 34.0 Å². The van der Waals surface area contributed by atoms with Crippen LogP contribution >= 0.6 is 45.2 Å². The topological polar surface area (TPSA) is 101 Å². The van der Waals surface area contributed by atoms with Crippen molar-refractivity contribution in [2.75, 3.05) is 36.6 Å². The van der Waals surface area contributed by atoms with Crippen molar-refractivity contribution >= 4 is 56.8 Å². The van der Waals surface area contributed by atoms with Gasteiger partial charge in [0.2, 0.25) is 0 Å². The van der Waals surface area contributed by atoms with Crippen LogP contribution in [0.15, 0.2) is 65.9 Å². The molecule has 1 heterocycles. The zero-order valence-electron chi connectivity index (χ0n) is 25.0. The quantitative estimate of drug-likeness (QED) is 0.0977. The Morgan fingerprint density at radius 1 is 1.40 bits per heavy atom. The summed E-state index contributed by atoms with van der Waals surface area (Å²) in [5, 5.41) is 30.1. The summed E-state index contributed by atoms with van der Waals surface area (Å²) in [6.07, 6.45) is 9.20.